The molecule has 0 aliphatic carbocycles. The van der Waals surface area contributed by atoms with Gasteiger partial charge in [-0.25, -0.2) is 9.78 Å². The van der Waals surface area contributed by atoms with Crippen molar-refractivity contribution in [3.63, 3.8) is 0 Å². The van der Waals surface area contributed by atoms with Crippen LogP contribution in [0.2, 0.25) is 0 Å². The quantitative estimate of drug-likeness (QED) is 0.710. The topological polar surface area (TPSA) is 82.5 Å². The van der Waals surface area contributed by atoms with E-state index < -0.39 is 0 Å². The Bertz CT molecular complexity index is 921. The lowest BCUT2D eigenvalue weighted by Gasteiger charge is -2.20. The van der Waals surface area contributed by atoms with Gasteiger partial charge in [-0.3, -0.25) is 9.69 Å². The Morgan fingerprint density at radius 3 is 2.68 bits per heavy atom. The third-order valence-corrected chi connectivity index (χ3v) is 6.13. The minimum absolute atomic E-state index is 0.0635. The average Bonchev–Trinajstić information content (AvgIpc) is 3.30. The number of hydrogen-bond acceptors (Lipinski definition) is 4. The fraction of sp³-hybridized carbons (Fsp3) is 0.522. The van der Waals surface area contributed by atoms with Crippen LogP contribution in [-0.2, 0) is 19.5 Å². The van der Waals surface area contributed by atoms with Gasteiger partial charge in [0.25, 0.3) is 5.91 Å². The molecule has 8 heteroatoms. The van der Waals surface area contributed by atoms with Crippen LogP contribution in [0.4, 0.5) is 4.79 Å². The van der Waals surface area contributed by atoms with E-state index in [0.29, 0.717) is 37.8 Å². The molecule has 0 bridgehead atoms. The third kappa shape index (κ3) is 5.07. The van der Waals surface area contributed by atoms with Gasteiger partial charge < -0.3 is 20.1 Å². The summed E-state index contributed by atoms with van der Waals surface area (Å²) in [6.45, 7) is 10.2. The van der Waals surface area contributed by atoms with Crippen molar-refractivity contribution >= 4 is 11.9 Å². The van der Waals surface area contributed by atoms with Crippen molar-refractivity contribution in [2.75, 3.05) is 39.3 Å². The van der Waals surface area contributed by atoms with Gasteiger partial charge in [-0.1, -0.05) is 38.1 Å². The monoisotopic (exact) mass is 424 g/mol. The Hall–Kier alpha value is -2.87. The van der Waals surface area contributed by atoms with E-state index in [4.69, 9.17) is 0 Å². The molecule has 0 atom stereocenters. The maximum absolute atomic E-state index is 12.7. The highest BCUT2D eigenvalue weighted by molar-refractivity contribution is 5.92. The van der Waals surface area contributed by atoms with Gasteiger partial charge in [0.05, 0.1) is 6.20 Å². The molecular formula is C23H32N6O2. The fourth-order valence-corrected chi connectivity index (χ4v) is 4.20. The number of nitrogens with zero attached hydrogens (tertiary/aromatic N) is 4. The Morgan fingerprint density at radius 2 is 1.97 bits per heavy atom. The molecule has 3 amide bonds. The number of urea groups is 1. The summed E-state index contributed by atoms with van der Waals surface area (Å²) in [6.07, 6.45) is 2.50. The fourth-order valence-electron chi connectivity index (χ4n) is 4.20. The van der Waals surface area contributed by atoms with E-state index in [1.54, 1.807) is 11.1 Å². The lowest BCUT2D eigenvalue weighted by Crippen LogP contribution is -2.37. The normalized spacial score (nSPS) is 16.9. The summed E-state index contributed by atoms with van der Waals surface area (Å²) in [5.41, 5.74) is 3.28. The first kappa shape index (κ1) is 21.4. The first-order chi connectivity index (χ1) is 15.0. The van der Waals surface area contributed by atoms with Crippen LogP contribution in [0.5, 0.6) is 0 Å². The Balaban J connectivity index is 1.31. The number of rotatable bonds is 7. The summed E-state index contributed by atoms with van der Waals surface area (Å²) in [5.74, 6) is 1.37. The van der Waals surface area contributed by atoms with E-state index in [9.17, 15) is 9.59 Å². The zero-order valence-corrected chi connectivity index (χ0v) is 18.4. The highest BCUT2D eigenvalue weighted by atomic mass is 16.2. The summed E-state index contributed by atoms with van der Waals surface area (Å²) in [5, 5.41) is 5.70. The second kappa shape index (κ2) is 9.51. The van der Waals surface area contributed by atoms with Crippen molar-refractivity contribution in [1.82, 2.24) is 30.0 Å². The van der Waals surface area contributed by atoms with Crippen molar-refractivity contribution in [2.24, 2.45) is 0 Å². The molecule has 0 spiro atoms. The summed E-state index contributed by atoms with van der Waals surface area (Å²) in [7, 11) is 0. The molecule has 0 saturated carbocycles. The molecule has 3 heterocycles. The van der Waals surface area contributed by atoms with E-state index in [1.807, 2.05) is 4.57 Å². The van der Waals surface area contributed by atoms with E-state index in [2.05, 4.69) is 58.6 Å². The number of benzene rings is 1. The van der Waals surface area contributed by atoms with Crippen molar-refractivity contribution in [1.29, 1.82) is 0 Å². The Morgan fingerprint density at radius 1 is 1.16 bits per heavy atom. The number of hydrogen-bond donors (Lipinski definition) is 2. The smallest absolute Gasteiger partial charge is 0.317 e. The van der Waals surface area contributed by atoms with Gasteiger partial charge in [0, 0.05) is 58.8 Å². The second-order valence-electron chi connectivity index (χ2n) is 8.61. The first-order valence-electron chi connectivity index (χ1n) is 11.2. The van der Waals surface area contributed by atoms with Crippen LogP contribution in [0.25, 0.3) is 0 Å². The molecule has 1 saturated heterocycles. The summed E-state index contributed by atoms with van der Waals surface area (Å²) < 4.78 is 2.04. The van der Waals surface area contributed by atoms with Crippen molar-refractivity contribution in [3.8, 4) is 0 Å². The second-order valence-corrected chi connectivity index (χ2v) is 8.61. The van der Waals surface area contributed by atoms with Gasteiger partial charge >= 0.3 is 6.03 Å². The molecular weight excluding hydrogens is 392 g/mol. The van der Waals surface area contributed by atoms with Gasteiger partial charge in [0.1, 0.15) is 11.5 Å². The number of nitrogens with one attached hydrogen (secondary N) is 2. The van der Waals surface area contributed by atoms with E-state index in [-0.39, 0.29) is 11.9 Å². The number of aromatic nitrogens is 2. The molecule has 8 nitrogen and oxygen atoms in total. The maximum Gasteiger partial charge on any atom is 0.317 e. The van der Waals surface area contributed by atoms with Gasteiger partial charge in [-0.2, -0.15) is 0 Å². The average molecular weight is 425 g/mol. The highest BCUT2D eigenvalue weighted by Gasteiger charge is 2.22. The predicted molar refractivity (Wildman–Crippen MR) is 119 cm³/mol. The molecule has 31 heavy (non-hydrogen) atoms. The summed E-state index contributed by atoms with van der Waals surface area (Å²) >= 11 is 0. The number of carbonyl (C=O) groups excluding carboxylic acids is 2. The predicted octanol–water partition coefficient (Wildman–Crippen LogP) is 1.82. The molecule has 4 rings (SSSR count). The van der Waals surface area contributed by atoms with Gasteiger partial charge in [0.2, 0.25) is 0 Å². The van der Waals surface area contributed by atoms with Crippen molar-refractivity contribution in [2.45, 2.75) is 39.3 Å². The first-order valence-corrected chi connectivity index (χ1v) is 11.2. The molecule has 1 aromatic heterocycles. The zero-order chi connectivity index (χ0) is 21.8. The molecule has 2 N–H and O–H groups in total. The SMILES string of the molecule is CC(C)c1ccc(CN2CCc3ncc(C(=O)NCCN4CCNC4=O)n3CC2)cc1. The van der Waals surface area contributed by atoms with Gasteiger partial charge in [-0.15, -0.1) is 0 Å². The highest BCUT2D eigenvalue weighted by Crippen LogP contribution is 2.17. The van der Waals surface area contributed by atoms with Crippen LogP contribution in [-0.4, -0.2) is 70.6 Å². The van der Waals surface area contributed by atoms with Crippen LogP contribution in [0.15, 0.2) is 30.5 Å². The van der Waals surface area contributed by atoms with Crippen molar-refractivity contribution < 1.29 is 9.59 Å². The lowest BCUT2D eigenvalue weighted by molar-refractivity contribution is 0.0940. The minimum atomic E-state index is -0.129. The van der Waals surface area contributed by atoms with E-state index in [0.717, 1.165) is 38.4 Å². The molecule has 0 unspecified atom stereocenters. The zero-order valence-electron chi connectivity index (χ0n) is 18.4. The molecule has 2 aliphatic rings. The summed E-state index contributed by atoms with van der Waals surface area (Å²) in [4.78, 5) is 32.9. The number of fused-ring (bicyclic) bond motifs is 1. The molecule has 0 radical (unpaired) electrons. The molecule has 1 fully saturated rings. The minimum Gasteiger partial charge on any atom is -0.349 e. The summed E-state index contributed by atoms with van der Waals surface area (Å²) in [6, 6.07) is 8.82. The Kier molecular flexibility index (Phi) is 6.56. The van der Waals surface area contributed by atoms with Crippen LogP contribution >= 0.6 is 0 Å². The third-order valence-electron chi connectivity index (χ3n) is 6.13. The number of amides is 3. The molecule has 2 aromatic rings. The van der Waals surface area contributed by atoms with Crippen molar-refractivity contribution in [3.05, 3.63) is 53.1 Å². The molecule has 166 valence electrons. The lowest BCUT2D eigenvalue weighted by atomic mass is 10.0. The van der Waals surface area contributed by atoms with E-state index >= 15 is 0 Å². The standard InChI is InChI=1S/C23H32N6O2/c1-17(2)19-5-3-18(4-6-19)16-27-10-7-21-26-15-20(29(21)14-13-27)22(30)24-8-11-28-12-9-25-23(28)31/h3-6,15,17H,7-14,16H2,1-2H3,(H,24,30)(H,25,31). The maximum atomic E-state index is 12.7. The molecule has 2 aliphatic heterocycles. The largest absolute Gasteiger partial charge is 0.349 e. The molecule has 1 aromatic carbocycles. The number of carbonyl (C=O) groups is 2. The van der Waals surface area contributed by atoms with Gasteiger partial charge in [-0.05, 0) is 17.0 Å². The van der Waals surface area contributed by atoms with E-state index in [1.165, 1.54) is 11.1 Å². The number of imidazole rings is 1. The van der Waals surface area contributed by atoms with Crippen LogP contribution < -0.4 is 10.6 Å². The van der Waals surface area contributed by atoms with Crippen LogP contribution in [0.1, 0.15) is 47.2 Å². The van der Waals surface area contributed by atoms with Crippen LogP contribution in [0.3, 0.4) is 0 Å². The van der Waals surface area contributed by atoms with Crippen LogP contribution in [0, 0.1) is 0 Å². The Labute approximate surface area is 183 Å². The van der Waals surface area contributed by atoms with Gasteiger partial charge in [0.15, 0.2) is 0 Å².